The van der Waals surface area contributed by atoms with E-state index in [0.29, 0.717) is 35.8 Å². The molecule has 0 radical (unpaired) electrons. The number of carbonyl (C=O) groups excluding carboxylic acids is 1. The van der Waals surface area contributed by atoms with Gasteiger partial charge in [0.05, 0.1) is 23.6 Å². The SMILES string of the molecule is COCCn1cc(NC(=O)c2c(C)n[nH]c2C)ccc1=O. The Morgan fingerprint density at radius 3 is 2.81 bits per heavy atom. The average Bonchev–Trinajstić information content (AvgIpc) is 2.78. The molecule has 2 aromatic heterocycles. The van der Waals surface area contributed by atoms with Gasteiger partial charge >= 0.3 is 0 Å². The Bertz CT molecular complexity index is 683. The summed E-state index contributed by atoms with van der Waals surface area (Å²) in [6.45, 7) is 4.41. The van der Waals surface area contributed by atoms with Crippen molar-refractivity contribution in [1.29, 1.82) is 0 Å². The first-order valence-electron chi connectivity index (χ1n) is 6.55. The van der Waals surface area contributed by atoms with Crippen molar-refractivity contribution in [3.05, 3.63) is 45.6 Å². The fraction of sp³-hybridized carbons (Fsp3) is 0.357. The van der Waals surface area contributed by atoms with Crippen LogP contribution in [0.15, 0.2) is 23.1 Å². The molecule has 0 aromatic carbocycles. The first-order valence-corrected chi connectivity index (χ1v) is 6.55. The molecule has 0 atom stereocenters. The maximum absolute atomic E-state index is 12.2. The minimum Gasteiger partial charge on any atom is -0.383 e. The van der Waals surface area contributed by atoms with E-state index >= 15 is 0 Å². The molecule has 7 heteroatoms. The second-order valence-electron chi connectivity index (χ2n) is 4.71. The summed E-state index contributed by atoms with van der Waals surface area (Å²) in [7, 11) is 1.57. The van der Waals surface area contributed by atoms with Gasteiger partial charge in [-0.1, -0.05) is 0 Å². The molecule has 0 spiro atoms. The molecule has 0 unspecified atom stereocenters. The van der Waals surface area contributed by atoms with E-state index in [0.717, 1.165) is 0 Å². The van der Waals surface area contributed by atoms with Crippen molar-refractivity contribution in [2.45, 2.75) is 20.4 Å². The minimum atomic E-state index is -0.254. The molecule has 7 nitrogen and oxygen atoms in total. The Labute approximate surface area is 121 Å². The van der Waals surface area contributed by atoms with Crippen LogP contribution in [-0.2, 0) is 11.3 Å². The smallest absolute Gasteiger partial charge is 0.259 e. The monoisotopic (exact) mass is 290 g/mol. The van der Waals surface area contributed by atoms with E-state index in [4.69, 9.17) is 4.74 Å². The van der Waals surface area contributed by atoms with Gasteiger partial charge in [0.1, 0.15) is 0 Å². The lowest BCUT2D eigenvalue weighted by molar-refractivity contribution is 0.102. The molecule has 0 saturated carbocycles. The number of nitrogens with one attached hydrogen (secondary N) is 2. The van der Waals surface area contributed by atoms with Crippen molar-refractivity contribution < 1.29 is 9.53 Å². The van der Waals surface area contributed by atoms with Gasteiger partial charge in [-0.05, 0) is 19.9 Å². The van der Waals surface area contributed by atoms with Crippen molar-refractivity contribution in [2.75, 3.05) is 19.0 Å². The number of hydrogen-bond donors (Lipinski definition) is 2. The molecular weight excluding hydrogens is 272 g/mol. The second kappa shape index (κ2) is 6.36. The number of ether oxygens (including phenoxy) is 1. The van der Waals surface area contributed by atoms with Crippen LogP contribution in [0.5, 0.6) is 0 Å². The number of carbonyl (C=O) groups is 1. The average molecular weight is 290 g/mol. The molecule has 0 aliphatic carbocycles. The van der Waals surface area contributed by atoms with Crippen molar-refractivity contribution in [2.24, 2.45) is 0 Å². The van der Waals surface area contributed by atoms with E-state index in [1.54, 1.807) is 33.2 Å². The van der Waals surface area contributed by atoms with Crippen LogP contribution in [0.3, 0.4) is 0 Å². The first kappa shape index (κ1) is 15.0. The van der Waals surface area contributed by atoms with Gasteiger partial charge in [-0.3, -0.25) is 14.7 Å². The summed E-state index contributed by atoms with van der Waals surface area (Å²) in [6, 6.07) is 2.99. The Balaban J connectivity index is 2.20. The number of methoxy groups -OCH3 is 1. The van der Waals surface area contributed by atoms with Gasteiger partial charge < -0.3 is 14.6 Å². The third-order valence-corrected chi connectivity index (χ3v) is 3.13. The highest BCUT2D eigenvalue weighted by molar-refractivity contribution is 6.05. The zero-order valence-corrected chi connectivity index (χ0v) is 12.3. The predicted molar refractivity (Wildman–Crippen MR) is 78.6 cm³/mol. The lowest BCUT2D eigenvalue weighted by atomic mass is 10.2. The highest BCUT2D eigenvalue weighted by Gasteiger charge is 2.15. The maximum atomic E-state index is 12.2. The zero-order valence-electron chi connectivity index (χ0n) is 12.3. The van der Waals surface area contributed by atoms with Crippen LogP contribution in [0.1, 0.15) is 21.7 Å². The topological polar surface area (TPSA) is 89.0 Å². The molecule has 112 valence electrons. The lowest BCUT2D eigenvalue weighted by Crippen LogP contribution is -2.22. The molecule has 0 bridgehead atoms. The molecule has 2 rings (SSSR count). The number of amides is 1. The van der Waals surface area contributed by atoms with E-state index in [1.165, 1.54) is 10.6 Å². The Morgan fingerprint density at radius 2 is 2.19 bits per heavy atom. The number of anilines is 1. The number of H-pyrrole nitrogens is 1. The summed E-state index contributed by atoms with van der Waals surface area (Å²) < 4.78 is 6.45. The van der Waals surface area contributed by atoms with Crippen LogP contribution in [0, 0.1) is 13.8 Å². The van der Waals surface area contributed by atoms with Gasteiger partial charge in [-0.15, -0.1) is 0 Å². The highest BCUT2D eigenvalue weighted by Crippen LogP contribution is 2.12. The van der Waals surface area contributed by atoms with Crippen molar-refractivity contribution in [3.63, 3.8) is 0 Å². The third-order valence-electron chi connectivity index (χ3n) is 3.13. The van der Waals surface area contributed by atoms with Gasteiger partial charge in [-0.2, -0.15) is 5.10 Å². The molecule has 1 amide bonds. The number of nitrogens with zero attached hydrogens (tertiary/aromatic N) is 2. The predicted octanol–water partition coefficient (Wildman–Crippen LogP) is 1.09. The maximum Gasteiger partial charge on any atom is 0.259 e. The van der Waals surface area contributed by atoms with Crippen LogP contribution in [0.4, 0.5) is 5.69 Å². The number of aromatic nitrogens is 3. The zero-order chi connectivity index (χ0) is 15.4. The van der Waals surface area contributed by atoms with Crippen molar-refractivity contribution in [3.8, 4) is 0 Å². The number of pyridine rings is 1. The quantitative estimate of drug-likeness (QED) is 0.862. The number of aryl methyl sites for hydroxylation is 2. The van der Waals surface area contributed by atoms with Crippen molar-refractivity contribution >= 4 is 11.6 Å². The fourth-order valence-corrected chi connectivity index (χ4v) is 2.05. The van der Waals surface area contributed by atoms with Crippen LogP contribution in [0.2, 0.25) is 0 Å². The fourth-order valence-electron chi connectivity index (χ4n) is 2.05. The summed E-state index contributed by atoms with van der Waals surface area (Å²) in [5.41, 5.74) is 2.27. The Morgan fingerprint density at radius 1 is 1.43 bits per heavy atom. The summed E-state index contributed by atoms with van der Waals surface area (Å²) in [4.78, 5) is 23.9. The van der Waals surface area contributed by atoms with E-state index in [1.807, 2.05) is 0 Å². The largest absolute Gasteiger partial charge is 0.383 e. The van der Waals surface area contributed by atoms with Gasteiger partial charge in [0, 0.05) is 31.6 Å². The van der Waals surface area contributed by atoms with Crippen LogP contribution >= 0.6 is 0 Å². The second-order valence-corrected chi connectivity index (χ2v) is 4.71. The van der Waals surface area contributed by atoms with E-state index in [9.17, 15) is 9.59 Å². The van der Waals surface area contributed by atoms with Crippen LogP contribution < -0.4 is 10.9 Å². The van der Waals surface area contributed by atoms with Crippen molar-refractivity contribution in [1.82, 2.24) is 14.8 Å². The molecule has 0 aliphatic rings. The normalized spacial score (nSPS) is 10.6. The van der Waals surface area contributed by atoms with Gasteiger partial charge in [-0.25, -0.2) is 0 Å². The third kappa shape index (κ3) is 3.38. The minimum absolute atomic E-state index is 0.138. The summed E-state index contributed by atoms with van der Waals surface area (Å²) in [5.74, 6) is -0.254. The first-order chi connectivity index (χ1) is 10.0. The number of aromatic amines is 1. The molecule has 0 fully saturated rings. The Hall–Kier alpha value is -2.41. The van der Waals surface area contributed by atoms with E-state index in [2.05, 4.69) is 15.5 Å². The molecule has 2 aromatic rings. The molecule has 0 aliphatic heterocycles. The van der Waals surface area contributed by atoms with Crippen LogP contribution in [-0.4, -0.2) is 34.4 Å². The molecular formula is C14H18N4O3. The summed E-state index contributed by atoms with van der Waals surface area (Å²) in [5, 5.41) is 9.53. The number of rotatable bonds is 5. The summed E-state index contributed by atoms with van der Waals surface area (Å²) in [6.07, 6.45) is 1.60. The summed E-state index contributed by atoms with van der Waals surface area (Å²) >= 11 is 0. The highest BCUT2D eigenvalue weighted by atomic mass is 16.5. The van der Waals surface area contributed by atoms with Gasteiger partial charge in [0.15, 0.2) is 0 Å². The van der Waals surface area contributed by atoms with E-state index < -0.39 is 0 Å². The standard InChI is InChI=1S/C14H18N4O3/c1-9-13(10(2)17-16-9)14(20)15-11-4-5-12(19)18(8-11)6-7-21-3/h4-5,8H,6-7H2,1-3H3,(H,15,20)(H,16,17). The van der Waals surface area contributed by atoms with Crippen LogP contribution in [0.25, 0.3) is 0 Å². The molecule has 21 heavy (non-hydrogen) atoms. The molecule has 0 saturated heterocycles. The lowest BCUT2D eigenvalue weighted by Gasteiger charge is -2.09. The Kier molecular flexibility index (Phi) is 4.54. The van der Waals surface area contributed by atoms with Gasteiger partial charge in [0.25, 0.3) is 11.5 Å². The molecule has 2 heterocycles. The molecule has 2 N–H and O–H groups in total. The number of hydrogen-bond acceptors (Lipinski definition) is 4. The van der Waals surface area contributed by atoms with Gasteiger partial charge in [0.2, 0.25) is 0 Å². The van der Waals surface area contributed by atoms with E-state index in [-0.39, 0.29) is 11.5 Å².